The zero-order chi connectivity index (χ0) is 11.6. The van der Waals surface area contributed by atoms with Crippen molar-refractivity contribution in [3.63, 3.8) is 0 Å². The van der Waals surface area contributed by atoms with Crippen molar-refractivity contribution in [3.05, 3.63) is 16.6 Å². The summed E-state index contributed by atoms with van der Waals surface area (Å²) in [5, 5.41) is 3.35. The van der Waals surface area contributed by atoms with Crippen LogP contribution < -0.4 is 4.57 Å². The minimum absolute atomic E-state index is 0.0164. The fourth-order valence-corrected chi connectivity index (χ4v) is 3.60. The van der Waals surface area contributed by atoms with Gasteiger partial charge >= 0.3 is 17.3 Å². The first-order valence-electron chi connectivity index (χ1n) is 5.48. The quantitative estimate of drug-likeness (QED) is 0.387. The molecule has 0 radical (unpaired) electrons. The molecular formula is C11H16N2O2S+2. The van der Waals surface area contributed by atoms with Crippen molar-refractivity contribution >= 4 is 17.3 Å². The number of hydrogen-bond donors (Lipinski definition) is 0. The van der Waals surface area contributed by atoms with Crippen LogP contribution in [0.5, 0.6) is 0 Å². The molecule has 0 spiro atoms. The van der Waals surface area contributed by atoms with E-state index in [2.05, 4.69) is 30.7 Å². The van der Waals surface area contributed by atoms with Gasteiger partial charge < -0.3 is 4.74 Å². The Morgan fingerprint density at radius 3 is 2.94 bits per heavy atom. The Kier molecular flexibility index (Phi) is 1.82. The minimum Gasteiger partial charge on any atom is -0.350 e. The monoisotopic (exact) mass is 240 g/mol. The normalized spacial score (nSPS) is 32.4. The lowest BCUT2D eigenvalue weighted by molar-refractivity contribution is -1.09. The second kappa shape index (κ2) is 2.84. The van der Waals surface area contributed by atoms with Crippen LogP contribution in [-0.4, -0.2) is 22.5 Å². The molecule has 1 aromatic rings. The molecule has 1 fully saturated rings. The summed E-state index contributed by atoms with van der Waals surface area (Å²) < 4.78 is 8.32. The molecule has 16 heavy (non-hydrogen) atoms. The lowest BCUT2D eigenvalue weighted by atomic mass is 10.0. The van der Waals surface area contributed by atoms with Gasteiger partial charge in [0.25, 0.3) is 0 Å². The fourth-order valence-electron chi connectivity index (χ4n) is 2.67. The summed E-state index contributed by atoms with van der Waals surface area (Å²) >= 11 is 1.74. The first kappa shape index (κ1) is 10.2. The van der Waals surface area contributed by atoms with Crippen molar-refractivity contribution in [2.45, 2.75) is 39.2 Å². The van der Waals surface area contributed by atoms with Gasteiger partial charge in [-0.1, -0.05) is 15.9 Å². The molecule has 0 amide bonds. The molecule has 2 aliphatic heterocycles. The number of carbonyl (C=O) groups is 1. The molecule has 3 rings (SSSR count). The zero-order valence-corrected chi connectivity index (χ0v) is 10.6. The van der Waals surface area contributed by atoms with Crippen molar-refractivity contribution in [2.24, 2.45) is 0 Å². The van der Waals surface area contributed by atoms with Gasteiger partial charge in [-0.3, -0.25) is 0 Å². The standard InChI is InChI=1S/C11H16N2O2S/c1-11(2,3)13-6-8-12(4-5-16-8)10(13)15-9(14)7-13/h4-5,10H,6-7H2,1-3H3/q+2. The van der Waals surface area contributed by atoms with Crippen molar-refractivity contribution < 1.29 is 18.6 Å². The van der Waals surface area contributed by atoms with E-state index in [1.807, 2.05) is 6.20 Å². The maximum Gasteiger partial charge on any atom is 0.449 e. The van der Waals surface area contributed by atoms with Gasteiger partial charge in [-0.2, -0.15) is 0 Å². The molecule has 0 aromatic carbocycles. The van der Waals surface area contributed by atoms with Crippen LogP contribution in [0.4, 0.5) is 0 Å². The number of hydrogen-bond acceptors (Lipinski definition) is 3. The average molecular weight is 240 g/mol. The third kappa shape index (κ3) is 1.07. The Hall–Kier alpha value is -0.940. The first-order chi connectivity index (χ1) is 7.44. The van der Waals surface area contributed by atoms with E-state index in [1.165, 1.54) is 5.01 Å². The highest BCUT2D eigenvalue weighted by Crippen LogP contribution is 2.43. The average Bonchev–Trinajstić information content (AvgIpc) is 2.72. The Bertz CT molecular complexity index is 463. The van der Waals surface area contributed by atoms with E-state index in [1.54, 1.807) is 11.3 Å². The topological polar surface area (TPSA) is 30.2 Å². The van der Waals surface area contributed by atoms with E-state index >= 15 is 0 Å². The van der Waals surface area contributed by atoms with Gasteiger partial charge in [0.05, 0.1) is 5.38 Å². The highest BCUT2D eigenvalue weighted by atomic mass is 32.1. The van der Waals surface area contributed by atoms with Crippen molar-refractivity contribution in [1.29, 1.82) is 0 Å². The number of rotatable bonds is 0. The van der Waals surface area contributed by atoms with Crippen LogP contribution in [0.2, 0.25) is 0 Å². The molecule has 0 aliphatic carbocycles. The maximum absolute atomic E-state index is 11.6. The van der Waals surface area contributed by atoms with Gasteiger partial charge in [0.1, 0.15) is 5.54 Å². The van der Waals surface area contributed by atoms with Crippen LogP contribution in [-0.2, 0) is 16.1 Å². The van der Waals surface area contributed by atoms with Crippen LogP contribution in [0.3, 0.4) is 0 Å². The summed E-state index contributed by atoms with van der Waals surface area (Å²) in [5.74, 6) is -0.0794. The van der Waals surface area contributed by atoms with Gasteiger partial charge in [0, 0.05) is 0 Å². The highest BCUT2D eigenvalue weighted by Gasteiger charge is 2.66. The molecule has 0 saturated carbocycles. The van der Waals surface area contributed by atoms with E-state index in [-0.39, 0.29) is 17.9 Å². The number of ether oxygens (including phenoxy) is 1. The number of esters is 1. The van der Waals surface area contributed by atoms with Crippen molar-refractivity contribution in [1.82, 2.24) is 0 Å². The largest absolute Gasteiger partial charge is 0.449 e. The third-order valence-corrected chi connectivity index (χ3v) is 4.65. The van der Waals surface area contributed by atoms with Gasteiger partial charge in [-0.05, 0) is 20.8 Å². The maximum atomic E-state index is 11.6. The lowest BCUT2D eigenvalue weighted by Gasteiger charge is -2.38. The predicted molar refractivity (Wildman–Crippen MR) is 58.2 cm³/mol. The van der Waals surface area contributed by atoms with E-state index < -0.39 is 0 Å². The summed E-state index contributed by atoms with van der Waals surface area (Å²) in [6.45, 7) is 7.93. The number of carbonyl (C=O) groups excluding carboxylic acids is 1. The SMILES string of the molecule is CC(C)(C)[N+]12CC(=O)OC1[n+]1ccsc1C2. The van der Waals surface area contributed by atoms with Crippen LogP contribution in [0.15, 0.2) is 11.6 Å². The Balaban J connectivity index is 2.13. The molecule has 1 aromatic heterocycles. The molecule has 5 heteroatoms. The molecule has 0 N–H and O–H groups in total. The molecule has 2 unspecified atom stereocenters. The smallest absolute Gasteiger partial charge is 0.350 e. The Labute approximate surface area is 98.7 Å². The third-order valence-electron chi connectivity index (χ3n) is 3.78. The summed E-state index contributed by atoms with van der Waals surface area (Å²) in [6, 6.07) is 0. The number of nitrogens with zero attached hydrogens (tertiary/aromatic N) is 2. The van der Waals surface area contributed by atoms with Crippen molar-refractivity contribution in [3.8, 4) is 0 Å². The molecule has 4 nitrogen and oxygen atoms in total. The van der Waals surface area contributed by atoms with Crippen LogP contribution >= 0.6 is 11.3 Å². The summed E-state index contributed by atoms with van der Waals surface area (Å²) in [6.07, 6.45) is 1.88. The van der Waals surface area contributed by atoms with Gasteiger partial charge in [-0.15, -0.1) is 0 Å². The lowest BCUT2D eigenvalue weighted by Crippen LogP contribution is -2.60. The molecular weight excluding hydrogens is 224 g/mol. The molecule has 0 bridgehead atoms. The summed E-state index contributed by atoms with van der Waals surface area (Å²) in [7, 11) is 0. The van der Waals surface area contributed by atoms with E-state index in [4.69, 9.17) is 4.74 Å². The molecule has 86 valence electrons. The second-order valence-electron chi connectivity index (χ2n) is 5.54. The van der Waals surface area contributed by atoms with Gasteiger partial charge in [0.15, 0.2) is 19.3 Å². The zero-order valence-electron chi connectivity index (χ0n) is 9.77. The number of thiazole rings is 1. The van der Waals surface area contributed by atoms with Crippen molar-refractivity contribution in [2.75, 3.05) is 6.54 Å². The van der Waals surface area contributed by atoms with Gasteiger partial charge in [0.2, 0.25) is 0 Å². The number of aromatic nitrogens is 1. The molecule has 3 heterocycles. The fraction of sp³-hybridized carbons (Fsp3) is 0.636. The minimum atomic E-state index is -0.145. The second-order valence-corrected chi connectivity index (χ2v) is 6.52. The van der Waals surface area contributed by atoms with E-state index in [9.17, 15) is 4.79 Å². The molecule has 2 aliphatic rings. The summed E-state index contributed by atoms with van der Waals surface area (Å²) in [5.41, 5.74) is 0.0164. The van der Waals surface area contributed by atoms with Crippen LogP contribution in [0.25, 0.3) is 0 Å². The van der Waals surface area contributed by atoms with E-state index in [0.717, 1.165) is 6.54 Å². The van der Waals surface area contributed by atoms with Crippen LogP contribution in [0.1, 0.15) is 32.1 Å². The van der Waals surface area contributed by atoms with E-state index in [0.29, 0.717) is 11.0 Å². The van der Waals surface area contributed by atoms with Gasteiger partial charge in [-0.25, -0.2) is 9.28 Å². The Morgan fingerprint density at radius 2 is 2.25 bits per heavy atom. The highest BCUT2D eigenvalue weighted by molar-refractivity contribution is 7.09. The summed E-state index contributed by atoms with van der Waals surface area (Å²) in [4.78, 5) is 11.6. The predicted octanol–water partition coefficient (Wildman–Crippen LogP) is 1.18. The van der Waals surface area contributed by atoms with Crippen LogP contribution in [0, 0.1) is 0 Å². The number of quaternary nitrogens is 1. The molecule has 2 atom stereocenters. The first-order valence-corrected chi connectivity index (χ1v) is 6.36. The number of fused-ring (bicyclic) bond motifs is 3. The Morgan fingerprint density at radius 1 is 1.50 bits per heavy atom. The molecule has 1 saturated heterocycles.